The van der Waals surface area contributed by atoms with Crippen molar-refractivity contribution in [2.75, 3.05) is 12.4 Å². The molecule has 2 aromatic carbocycles. The van der Waals surface area contributed by atoms with Crippen LogP contribution in [0.15, 0.2) is 42.5 Å². The quantitative estimate of drug-likeness (QED) is 0.447. The van der Waals surface area contributed by atoms with Crippen LogP contribution in [0.2, 0.25) is 5.02 Å². The van der Waals surface area contributed by atoms with E-state index in [1.54, 1.807) is 12.1 Å². The topological polar surface area (TPSA) is 64.4 Å². The van der Waals surface area contributed by atoms with Crippen LogP contribution in [0, 0.1) is 23.0 Å². The third kappa shape index (κ3) is 2.54. The van der Waals surface area contributed by atoms with Gasteiger partial charge >= 0.3 is 5.69 Å². The molecular weight excluding hydrogens is 352 g/mol. The number of allylic oxidation sites excluding steroid dienone is 2. The minimum absolute atomic E-state index is 0.0112. The van der Waals surface area contributed by atoms with E-state index in [2.05, 4.69) is 24.4 Å². The number of benzene rings is 2. The minimum atomic E-state index is -0.397. The first-order valence-electron chi connectivity index (χ1n) is 8.55. The average Bonchev–Trinajstić information content (AvgIpc) is 3.13. The smallest absolute Gasteiger partial charge is 0.311 e. The highest BCUT2D eigenvalue weighted by molar-refractivity contribution is 6.32. The summed E-state index contributed by atoms with van der Waals surface area (Å²) in [5.74, 6) is 0.759. The fourth-order valence-corrected chi connectivity index (χ4v) is 4.47. The molecule has 2 aliphatic rings. The first-order chi connectivity index (χ1) is 12.5. The van der Waals surface area contributed by atoms with Crippen molar-refractivity contribution in [2.24, 2.45) is 5.92 Å². The molecule has 26 heavy (non-hydrogen) atoms. The van der Waals surface area contributed by atoms with E-state index in [1.807, 2.05) is 18.2 Å². The molecule has 0 bridgehead atoms. The van der Waals surface area contributed by atoms with Gasteiger partial charge in [0.05, 0.1) is 18.1 Å². The molecule has 4 rings (SSSR count). The van der Waals surface area contributed by atoms with Crippen LogP contribution in [0.1, 0.15) is 35.1 Å². The summed E-state index contributed by atoms with van der Waals surface area (Å²) in [6.07, 6.45) is 5.29. The van der Waals surface area contributed by atoms with Gasteiger partial charge in [0.25, 0.3) is 0 Å². The van der Waals surface area contributed by atoms with E-state index in [4.69, 9.17) is 16.3 Å². The van der Waals surface area contributed by atoms with Gasteiger partial charge in [0.1, 0.15) is 0 Å². The van der Waals surface area contributed by atoms with E-state index in [9.17, 15) is 10.1 Å². The van der Waals surface area contributed by atoms with E-state index in [1.165, 1.54) is 7.11 Å². The van der Waals surface area contributed by atoms with Crippen molar-refractivity contribution >= 4 is 23.0 Å². The SMILES string of the molecule is COc1ccc([C@@H]2Nc3c(C)ccc(Cl)c3[C@@H]3C=CC[C@@H]32)cc1[N+](=O)[O-]. The highest BCUT2D eigenvalue weighted by Crippen LogP contribution is 2.53. The van der Waals surface area contributed by atoms with E-state index in [0.29, 0.717) is 0 Å². The summed E-state index contributed by atoms with van der Waals surface area (Å²) in [6.45, 7) is 2.05. The van der Waals surface area contributed by atoms with Crippen molar-refractivity contribution in [1.29, 1.82) is 0 Å². The van der Waals surface area contributed by atoms with Gasteiger partial charge in [0.15, 0.2) is 5.75 Å². The molecule has 0 spiro atoms. The first kappa shape index (κ1) is 16.9. The largest absolute Gasteiger partial charge is 0.490 e. The summed E-state index contributed by atoms with van der Waals surface area (Å²) in [5, 5.41) is 15.8. The molecule has 1 heterocycles. The molecule has 0 saturated carbocycles. The molecule has 6 heteroatoms. The van der Waals surface area contributed by atoms with Crippen molar-refractivity contribution in [3.63, 3.8) is 0 Å². The van der Waals surface area contributed by atoms with Crippen molar-refractivity contribution in [3.05, 3.63) is 74.3 Å². The second-order valence-electron chi connectivity index (χ2n) is 6.82. The van der Waals surface area contributed by atoms with Gasteiger partial charge in [-0.15, -0.1) is 0 Å². The molecule has 1 N–H and O–H groups in total. The zero-order valence-electron chi connectivity index (χ0n) is 14.5. The summed E-state index contributed by atoms with van der Waals surface area (Å²) >= 11 is 6.50. The number of aryl methyl sites for hydroxylation is 1. The molecule has 0 unspecified atom stereocenters. The second-order valence-corrected chi connectivity index (χ2v) is 7.22. The van der Waals surface area contributed by atoms with Gasteiger partial charge < -0.3 is 10.1 Å². The van der Waals surface area contributed by atoms with Crippen LogP contribution in [0.5, 0.6) is 5.75 Å². The highest BCUT2D eigenvalue weighted by atomic mass is 35.5. The van der Waals surface area contributed by atoms with Crippen LogP contribution in [-0.4, -0.2) is 12.0 Å². The lowest BCUT2D eigenvalue weighted by Crippen LogP contribution is -2.29. The third-order valence-electron chi connectivity index (χ3n) is 5.43. The van der Waals surface area contributed by atoms with E-state index >= 15 is 0 Å². The normalized spacial score (nSPS) is 23.1. The maximum Gasteiger partial charge on any atom is 0.311 e. The molecule has 1 aliphatic heterocycles. The number of nitro groups is 1. The first-order valence-corrected chi connectivity index (χ1v) is 8.93. The van der Waals surface area contributed by atoms with Crippen LogP contribution in [0.25, 0.3) is 0 Å². The van der Waals surface area contributed by atoms with Gasteiger partial charge in [-0.05, 0) is 42.5 Å². The van der Waals surface area contributed by atoms with Gasteiger partial charge in [-0.25, -0.2) is 0 Å². The standard InChI is InChI=1S/C20H19ClN2O3/c1-11-6-8-15(21)18-13-4-3-5-14(13)20(22-19(11)18)12-7-9-17(26-2)16(10-12)23(24)25/h3-4,6-10,13-14,20,22H,5H2,1-2H3/t13-,14+,20+/m1/s1. The van der Waals surface area contributed by atoms with Gasteiger partial charge in [0.2, 0.25) is 0 Å². The number of nitrogens with one attached hydrogen (secondary N) is 1. The summed E-state index contributed by atoms with van der Waals surface area (Å²) in [6, 6.07) is 9.12. The monoisotopic (exact) mass is 370 g/mol. The average molecular weight is 371 g/mol. The molecule has 1 aliphatic carbocycles. The number of hydrogen-bond acceptors (Lipinski definition) is 4. The van der Waals surface area contributed by atoms with Crippen molar-refractivity contribution in [2.45, 2.75) is 25.3 Å². The Morgan fingerprint density at radius 3 is 2.85 bits per heavy atom. The summed E-state index contributed by atoms with van der Waals surface area (Å²) in [5.41, 5.74) is 4.17. The second kappa shape index (κ2) is 6.32. The van der Waals surface area contributed by atoms with Gasteiger partial charge in [-0.1, -0.05) is 35.9 Å². The summed E-state index contributed by atoms with van der Waals surface area (Å²) < 4.78 is 5.13. The Kier molecular flexibility index (Phi) is 4.11. The number of anilines is 1. The predicted molar refractivity (Wildman–Crippen MR) is 102 cm³/mol. The predicted octanol–water partition coefficient (Wildman–Crippen LogP) is 5.39. The number of nitrogens with zero attached hydrogens (tertiary/aromatic N) is 1. The molecule has 0 aromatic heterocycles. The zero-order valence-corrected chi connectivity index (χ0v) is 15.3. The van der Waals surface area contributed by atoms with Gasteiger partial charge in [-0.3, -0.25) is 10.1 Å². The van der Waals surface area contributed by atoms with Gasteiger partial charge in [-0.2, -0.15) is 0 Å². The molecule has 0 saturated heterocycles. The number of halogens is 1. The molecule has 0 radical (unpaired) electrons. The molecular formula is C20H19ClN2O3. The molecule has 5 nitrogen and oxygen atoms in total. The number of ether oxygens (including phenoxy) is 1. The van der Waals surface area contributed by atoms with Crippen LogP contribution in [-0.2, 0) is 0 Å². The van der Waals surface area contributed by atoms with E-state index < -0.39 is 4.92 Å². The fourth-order valence-electron chi connectivity index (χ4n) is 4.18. The Morgan fingerprint density at radius 2 is 2.12 bits per heavy atom. The lowest BCUT2D eigenvalue weighted by molar-refractivity contribution is -0.385. The number of fused-ring (bicyclic) bond motifs is 3. The summed E-state index contributed by atoms with van der Waals surface area (Å²) in [7, 11) is 1.44. The lowest BCUT2D eigenvalue weighted by atomic mass is 9.76. The Bertz CT molecular complexity index is 926. The Hall–Kier alpha value is -2.53. The van der Waals surface area contributed by atoms with Gasteiger partial charge in [0, 0.05) is 28.3 Å². The lowest BCUT2D eigenvalue weighted by Gasteiger charge is -2.38. The molecule has 3 atom stereocenters. The Morgan fingerprint density at radius 1 is 1.31 bits per heavy atom. The maximum absolute atomic E-state index is 11.4. The number of hydrogen-bond donors (Lipinski definition) is 1. The van der Waals surface area contributed by atoms with E-state index in [0.717, 1.165) is 33.8 Å². The van der Waals surface area contributed by atoms with Crippen LogP contribution in [0.4, 0.5) is 11.4 Å². The Balaban J connectivity index is 1.83. The molecule has 2 aromatic rings. The zero-order chi connectivity index (χ0) is 18.4. The van der Waals surface area contributed by atoms with Crippen molar-refractivity contribution in [1.82, 2.24) is 0 Å². The fraction of sp³-hybridized carbons (Fsp3) is 0.300. The van der Waals surface area contributed by atoms with Crippen LogP contribution >= 0.6 is 11.6 Å². The number of rotatable bonds is 3. The molecule has 0 amide bonds. The van der Waals surface area contributed by atoms with Crippen LogP contribution < -0.4 is 10.1 Å². The van der Waals surface area contributed by atoms with Crippen molar-refractivity contribution in [3.8, 4) is 5.75 Å². The van der Waals surface area contributed by atoms with E-state index in [-0.39, 0.29) is 29.3 Å². The number of methoxy groups -OCH3 is 1. The van der Waals surface area contributed by atoms with Crippen LogP contribution in [0.3, 0.4) is 0 Å². The highest BCUT2D eigenvalue weighted by Gasteiger charge is 2.40. The minimum Gasteiger partial charge on any atom is -0.490 e. The van der Waals surface area contributed by atoms with Crippen molar-refractivity contribution < 1.29 is 9.66 Å². The number of nitro benzene ring substituents is 1. The Labute approximate surface area is 156 Å². The third-order valence-corrected chi connectivity index (χ3v) is 5.76. The summed E-state index contributed by atoms with van der Waals surface area (Å²) in [4.78, 5) is 11.0. The maximum atomic E-state index is 11.4. The molecule has 0 fully saturated rings. The molecule has 134 valence electrons.